The summed E-state index contributed by atoms with van der Waals surface area (Å²) in [6.07, 6.45) is 6.68. The molecule has 0 atom stereocenters. The Morgan fingerprint density at radius 2 is 1.90 bits per heavy atom. The molecule has 2 fully saturated rings. The average Bonchev–Trinajstić information content (AvgIpc) is 3.44. The number of carbonyl (C=O) groups is 1. The van der Waals surface area contributed by atoms with Crippen molar-refractivity contribution in [1.82, 2.24) is 20.1 Å². The van der Waals surface area contributed by atoms with Gasteiger partial charge in [0.1, 0.15) is 11.5 Å². The first-order valence-electron chi connectivity index (χ1n) is 10.9. The molecule has 1 amide bonds. The predicted molar refractivity (Wildman–Crippen MR) is 115 cm³/mol. The fourth-order valence-corrected chi connectivity index (χ4v) is 3.87. The monoisotopic (exact) mass is 395 g/mol. The van der Waals surface area contributed by atoms with Gasteiger partial charge in [-0.25, -0.2) is 4.98 Å². The van der Waals surface area contributed by atoms with Crippen LogP contribution in [0.25, 0.3) is 0 Å². The molecule has 1 saturated heterocycles. The van der Waals surface area contributed by atoms with Crippen molar-refractivity contribution >= 4 is 11.7 Å². The molecule has 3 heterocycles. The zero-order chi connectivity index (χ0) is 20.6. The van der Waals surface area contributed by atoms with E-state index in [0.29, 0.717) is 18.2 Å². The fraction of sp³-hybridized carbons (Fsp3) is 0.609. The van der Waals surface area contributed by atoms with Gasteiger partial charge < -0.3 is 10.2 Å². The molecule has 6 heteroatoms. The minimum Gasteiger partial charge on any atom is -0.357 e. The number of amides is 1. The van der Waals surface area contributed by atoms with Crippen LogP contribution >= 0.6 is 0 Å². The molecule has 0 spiro atoms. The van der Waals surface area contributed by atoms with Crippen LogP contribution < -0.4 is 10.2 Å². The second kappa shape index (κ2) is 7.81. The van der Waals surface area contributed by atoms with Crippen LogP contribution in [0.2, 0.25) is 0 Å². The van der Waals surface area contributed by atoms with Gasteiger partial charge in [0.25, 0.3) is 5.91 Å². The van der Waals surface area contributed by atoms with Gasteiger partial charge in [0.15, 0.2) is 0 Å². The third-order valence-electron chi connectivity index (χ3n) is 5.96. The van der Waals surface area contributed by atoms with Crippen LogP contribution in [0.15, 0.2) is 24.4 Å². The standard InChI is InChI=1S/C23H33N5O/c1-16-9-11-27(12-10-16)21-8-5-17(14-24-21)15-25-22(29)20-13-19(18-6-7-18)26-28(20)23(2,3)4/h5,8,13-14,16,18H,6-7,9-12,15H2,1-4H3,(H,25,29). The third kappa shape index (κ3) is 4.62. The Morgan fingerprint density at radius 3 is 2.48 bits per heavy atom. The van der Waals surface area contributed by atoms with Crippen molar-refractivity contribution in [2.75, 3.05) is 18.0 Å². The fourth-order valence-electron chi connectivity index (χ4n) is 3.87. The molecule has 0 unspecified atom stereocenters. The summed E-state index contributed by atoms with van der Waals surface area (Å²) < 4.78 is 1.87. The Morgan fingerprint density at radius 1 is 1.17 bits per heavy atom. The van der Waals surface area contributed by atoms with E-state index in [9.17, 15) is 4.79 Å². The smallest absolute Gasteiger partial charge is 0.269 e. The number of hydrogen-bond acceptors (Lipinski definition) is 4. The largest absolute Gasteiger partial charge is 0.357 e. The zero-order valence-electron chi connectivity index (χ0n) is 18.1. The van der Waals surface area contributed by atoms with E-state index in [4.69, 9.17) is 5.10 Å². The van der Waals surface area contributed by atoms with E-state index in [1.165, 1.54) is 25.7 Å². The van der Waals surface area contributed by atoms with E-state index in [1.54, 1.807) is 0 Å². The number of nitrogens with zero attached hydrogens (tertiary/aromatic N) is 4. The number of nitrogens with one attached hydrogen (secondary N) is 1. The molecule has 1 N–H and O–H groups in total. The molecule has 2 aliphatic rings. The highest BCUT2D eigenvalue weighted by atomic mass is 16.2. The minimum absolute atomic E-state index is 0.0755. The lowest BCUT2D eigenvalue weighted by molar-refractivity contribution is 0.0932. The zero-order valence-corrected chi connectivity index (χ0v) is 18.1. The first kappa shape index (κ1) is 19.9. The molecule has 1 aliphatic heterocycles. The summed E-state index contributed by atoms with van der Waals surface area (Å²) in [5.41, 5.74) is 2.48. The molecule has 2 aromatic heterocycles. The summed E-state index contributed by atoms with van der Waals surface area (Å²) in [6.45, 7) is 11.2. The Bertz CT molecular complexity index is 852. The van der Waals surface area contributed by atoms with E-state index in [-0.39, 0.29) is 11.4 Å². The van der Waals surface area contributed by atoms with Crippen molar-refractivity contribution in [3.05, 3.63) is 41.3 Å². The number of carbonyl (C=O) groups excluding carboxylic acids is 1. The Balaban J connectivity index is 1.40. The third-order valence-corrected chi connectivity index (χ3v) is 5.96. The SMILES string of the molecule is CC1CCN(c2ccc(CNC(=O)c3cc(C4CC4)nn3C(C)(C)C)cn2)CC1. The van der Waals surface area contributed by atoms with Gasteiger partial charge in [-0.2, -0.15) is 5.10 Å². The van der Waals surface area contributed by atoms with Gasteiger partial charge in [-0.1, -0.05) is 13.0 Å². The number of anilines is 1. The summed E-state index contributed by atoms with van der Waals surface area (Å²) in [5, 5.41) is 7.78. The highest BCUT2D eigenvalue weighted by molar-refractivity contribution is 5.92. The van der Waals surface area contributed by atoms with E-state index < -0.39 is 0 Å². The molecule has 156 valence electrons. The number of aromatic nitrogens is 3. The number of rotatable bonds is 5. The lowest BCUT2D eigenvalue weighted by Gasteiger charge is -2.31. The van der Waals surface area contributed by atoms with Gasteiger partial charge in [-0.15, -0.1) is 0 Å². The average molecular weight is 396 g/mol. The Labute approximate surface area is 173 Å². The van der Waals surface area contributed by atoms with Crippen LogP contribution in [0.1, 0.15) is 81.0 Å². The van der Waals surface area contributed by atoms with Crippen molar-refractivity contribution in [2.45, 2.75) is 71.4 Å². The van der Waals surface area contributed by atoms with E-state index in [2.05, 4.69) is 55.0 Å². The maximum absolute atomic E-state index is 12.9. The predicted octanol–water partition coefficient (Wildman–Crippen LogP) is 4.08. The Hall–Kier alpha value is -2.37. The van der Waals surface area contributed by atoms with Gasteiger partial charge in [0, 0.05) is 31.7 Å². The van der Waals surface area contributed by atoms with Crippen LogP contribution in [-0.4, -0.2) is 33.8 Å². The molecule has 4 rings (SSSR count). The summed E-state index contributed by atoms with van der Waals surface area (Å²) >= 11 is 0. The molecular weight excluding hydrogens is 362 g/mol. The van der Waals surface area contributed by atoms with Crippen LogP contribution in [-0.2, 0) is 12.1 Å². The molecule has 29 heavy (non-hydrogen) atoms. The van der Waals surface area contributed by atoms with Crippen molar-refractivity contribution in [3.8, 4) is 0 Å². The second-order valence-corrected chi connectivity index (χ2v) is 9.69. The maximum Gasteiger partial charge on any atom is 0.269 e. The lowest BCUT2D eigenvalue weighted by atomic mass is 9.99. The highest BCUT2D eigenvalue weighted by Crippen LogP contribution is 2.40. The number of piperidine rings is 1. The van der Waals surface area contributed by atoms with Crippen molar-refractivity contribution < 1.29 is 4.79 Å². The van der Waals surface area contributed by atoms with Crippen LogP contribution in [0.3, 0.4) is 0 Å². The molecule has 0 radical (unpaired) electrons. The first-order chi connectivity index (χ1) is 13.8. The summed E-state index contributed by atoms with van der Waals surface area (Å²) in [7, 11) is 0. The summed E-state index contributed by atoms with van der Waals surface area (Å²) in [4.78, 5) is 19.9. The Kier molecular flexibility index (Phi) is 5.36. The van der Waals surface area contributed by atoms with Crippen LogP contribution in [0.5, 0.6) is 0 Å². The van der Waals surface area contributed by atoms with Crippen LogP contribution in [0.4, 0.5) is 5.82 Å². The quantitative estimate of drug-likeness (QED) is 0.829. The van der Waals surface area contributed by atoms with Gasteiger partial charge in [0.2, 0.25) is 0 Å². The molecule has 2 aromatic rings. The van der Waals surface area contributed by atoms with Gasteiger partial charge in [-0.3, -0.25) is 9.48 Å². The maximum atomic E-state index is 12.9. The number of pyridine rings is 1. The molecule has 1 aliphatic carbocycles. The second-order valence-electron chi connectivity index (χ2n) is 9.69. The summed E-state index contributed by atoms with van der Waals surface area (Å²) in [6, 6.07) is 6.11. The van der Waals surface area contributed by atoms with E-state index in [0.717, 1.165) is 36.1 Å². The molecule has 0 aromatic carbocycles. The van der Waals surface area contributed by atoms with Gasteiger partial charge >= 0.3 is 0 Å². The van der Waals surface area contributed by atoms with Gasteiger partial charge in [0.05, 0.1) is 11.2 Å². The molecule has 6 nitrogen and oxygen atoms in total. The van der Waals surface area contributed by atoms with Gasteiger partial charge in [-0.05, 0) is 70.1 Å². The highest BCUT2D eigenvalue weighted by Gasteiger charge is 2.31. The summed E-state index contributed by atoms with van der Waals surface area (Å²) in [5.74, 6) is 2.29. The van der Waals surface area contributed by atoms with E-state index in [1.807, 2.05) is 16.9 Å². The first-order valence-corrected chi connectivity index (χ1v) is 10.9. The minimum atomic E-state index is -0.227. The molecular formula is C23H33N5O. The van der Waals surface area contributed by atoms with Crippen molar-refractivity contribution in [3.63, 3.8) is 0 Å². The normalized spacial score (nSPS) is 18.1. The number of hydrogen-bond donors (Lipinski definition) is 1. The van der Waals surface area contributed by atoms with Crippen molar-refractivity contribution in [2.24, 2.45) is 5.92 Å². The molecule has 1 saturated carbocycles. The van der Waals surface area contributed by atoms with Crippen molar-refractivity contribution in [1.29, 1.82) is 0 Å². The lowest BCUT2D eigenvalue weighted by Crippen LogP contribution is -2.33. The van der Waals surface area contributed by atoms with Crippen LogP contribution in [0, 0.1) is 5.92 Å². The topological polar surface area (TPSA) is 63.1 Å². The van der Waals surface area contributed by atoms with E-state index >= 15 is 0 Å². The molecule has 0 bridgehead atoms.